The average Bonchev–Trinajstić information content (AvgIpc) is 3.35. The van der Waals surface area contributed by atoms with Crippen LogP contribution in [0, 0.1) is 0 Å². The van der Waals surface area contributed by atoms with Crippen LogP contribution < -0.4 is 19.7 Å². The number of carbonyl (C=O) groups excluding carboxylic acids is 3. The number of furan rings is 1. The van der Waals surface area contributed by atoms with Crippen LogP contribution in [0.3, 0.4) is 0 Å². The van der Waals surface area contributed by atoms with E-state index < -0.39 is 17.8 Å². The molecule has 0 atom stereocenters. The van der Waals surface area contributed by atoms with Crippen LogP contribution in [0.25, 0.3) is 6.08 Å². The van der Waals surface area contributed by atoms with Crippen molar-refractivity contribution in [3.8, 4) is 11.5 Å². The first-order chi connectivity index (χ1) is 17.3. The minimum atomic E-state index is -0.617. The van der Waals surface area contributed by atoms with E-state index >= 15 is 0 Å². The van der Waals surface area contributed by atoms with Crippen molar-refractivity contribution in [3.63, 3.8) is 0 Å². The monoisotopic (exact) mass is 526 g/mol. The molecule has 4 rings (SSSR count). The molecule has 3 aromatic rings. The third-order valence-electron chi connectivity index (χ3n) is 5.10. The maximum atomic E-state index is 13.2. The zero-order chi connectivity index (χ0) is 25.8. The Balaban J connectivity index is 1.55. The van der Waals surface area contributed by atoms with Gasteiger partial charge in [-0.2, -0.15) is 0 Å². The Labute approximate surface area is 216 Å². The number of methoxy groups -OCH3 is 2. The smallest absolute Gasteiger partial charge is 0.373 e. The van der Waals surface area contributed by atoms with Crippen LogP contribution in [-0.2, 0) is 20.9 Å². The van der Waals surface area contributed by atoms with E-state index in [2.05, 4.69) is 10.1 Å². The van der Waals surface area contributed by atoms with Gasteiger partial charge in [0.25, 0.3) is 11.8 Å². The maximum absolute atomic E-state index is 13.2. The number of carbonyl (C=O) groups is 3. The first kappa shape index (κ1) is 25.0. The van der Waals surface area contributed by atoms with Crippen molar-refractivity contribution >= 4 is 58.5 Å². The van der Waals surface area contributed by atoms with Gasteiger partial charge in [0.1, 0.15) is 17.9 Å². The molecule has 0 radical (unpaired) electrons. The zero-order valence-corrected chi connectivity index (χ0v) is 20.6. The van der Waals surface area contributed by atoms with Crippen molar-refractivity contribution in [2.45, 2.75) is 6.61 Å². The van der Waals surface area contributed by atoms with Crippen LogP contribution in [0.4, 0.5) is 5.69 Å². The molecule has 2 heterocycles. The van der Waals surface area contributed by atoms with E-state index in [1.165, 1.54) is 31.3 Å². The van der Waals surface area contributed by atoms with E-state index in [9.17, 15) is 14.4 Å². The minimum Gasteiger partial charge on any atom is -0.493 e. The molecule has 0 bridgehead atoms. The Morgan fingerprint density at radius 2 is 1.83 bits per heavy atom. The lowest BCUT2D eigenvalue weighted by Crippen LogP contribution is -2.54. The lowest BCUT2D eigenvalue weighted by molar-refractivity contribution is -0.122. The van der Waals surface area contributed by atoms with Crippen molar-refractivity contribution in [1.29, 1.82) is 0 Å². The van der Waals surface area contributed by atoms with Gasteiger partial charge >= 0.3 is 5.97 Å². The molecule has 2 aromatic carbocycles. The summed E-state index contributed by atoms with van der Waals surface area (Å²) < 4.78 is 21.2. The second kappa shape index (κ2) is 10.6. The average molecular weight is 527 g/mol. The molecule has 1 saturated heterocycles. The Hall–Kier alpha value is -4.15. The van der Waals surface area contributed by atoms with Gasteiger partial charge in [0.15, 0.2) is 16.6 Å². The largest absolute Gasteiger partial charge is 0.493 e. The number of esters is 1. The Morgan fingerprint density at radius 3 is 2.53 bits per heavy atom. The number of hydrogen-bond donors (Lipinski definition) is 1. The topological polar surface area (TPSA) is 107 Å². The highest BCUT2D eigenvalue weighted by molar-refractivity contribution is 7.80. The highest BCUT2D eigenvalue weighted by Gasteiger charge is 2.34. The van der Waals surface area contributed by atoms with Crippen LogP contribution in [0.2, 0.25) is 5.02 Å². The van der Waals surface area contributed by atoms with Crippen molar-refractivity contribution in [1.82, 2.24) is 5.32 Å². The molecule has 1 aliphatic rings. The minimum absolute atomic E-state index is 0.0286. The summed E-state index contributed by atoms with van der Waals surface area (Å²) in [6, 6.07) is 14.5. The fraction of sp³-hybridized carbons (Fsp3) is 0.120. The van der Waals surface area contributed by atoms with Crippen molar-refractivity contribution in [3.05, 3.63) is 82.3 Å². The van der Waals surface area contributed by atoms with Crippen molar-refractivity contribution < 1.29 is 33.0 Å². The summed E-state index contributed by atoms with van der Waals surface area (Å²) in [5, 5.41) is 3.00. The molecule has 9 nitrogen and oxygen atoms in total. The second-order valence-corrected chi connectivity index (χ2v) is 8.21. The predicted octanol–water partition coefficient (Wildman–Crippen LogP) is 4.14. The van der Waals surface area contributed by atoms with E-state index in [0.29, 0.717) is 33.5 Å². The number of halogens is 1. The molecule has 184 valence electrons. The first-order valence-electron chi connectivity index (χ1n) is 10.5. The summed E-state index contributed by atoms with van der Waals surface area (Å²) in [4.78, 5) is 38.5. The summed E-state index contributed by atoms with van der Waals surface area (Å²) in [5.41, 5.74) is 0.877. The van der Waals surface area contributed by atoms with Crippen LogP contribution >= 0.6 is 23.8 Å². The van der Waals surface area contributed by atoms with Gasteiger partial charge in [-0.05, 0) is 72.4 Å². The zero-order valence-electron chi connectivity index (χ0n) is 19.1. The molecule has 0 unspecified atom stereocenters. The molecule has 1 aromatic heterocycles. The molecule has 1 N–H and O–H groups in total. The number of nitrogens with one attached hydrogen (secondary N) is 1. The van der Waals surface area contributed by atoms with Gasteiger partial charge in [0.05, 0.1) is 19.9 Å². The maximum Gasteiger partial charge on any atom is 0.373 e. The third-order valence-corrected chi connectivity index (χ3v) is 5.64. The summed E-state index contributed by atoms with van der Waals surface area (Å²) in [5.74, 6) is -0.567. The van der Waals surface area contributed by atoms with Crippen LogP contribution in [0.15, 0.2) is 64.6 Å². The molecule has 2 amide bonds. The molecule has 1 aliphatic heterocycles. The Morgan fingerprint density at radius 1 is 1.08 bits per heavy atom. The van der Waals surface area contributed by atoms with Crippen LogP contribution in [0.5, 0.6) is 11.5 Å². The third kappa shape index (κ3) is 5.24. The Bertz CT molecular complexity index is 1380. The van der Waals surface area contributed by atoms with E-state index in [-0.39, 0.29) is 23.1 Å². The van der Waals surface area contributed by atoms with Gasteiger partial charge in [0.2, 0.25) is 5.76 Å². The lowest BCUT2D eigenvalue weighted by atomic mass is 10.1. The standard InChI is InChI=1S/C25H19ClN2O7S/c1-32-21-12-14(3-9-19(21)34-13-17-8-10-20(35-17)24(31)33-2)11-18-22(29)27-25(36)28(23(18)30)16-6-4-15(26)5-7-16/h3-12H,13H2,1-2H3,(H,27,29,36)/b18-11-. The van der Waals surface area contributed by atoms with Gasteiger partial charge in [-0.3, -0.25) is 19.8 Å². The predicted molar refractivity (Wildman–Crippen MR) is 135 cm³/mol. The molecule has 0 saturated carbocycles. The molecule has 11 heteroatoms. The number of rotatable bonds is 7. The number of benzene rings is 2. The summed E-state index contributed by atoms with van der Waals surface area (Å²) in [6.07, 6.45) is 1.43. The van der Waals surface area contributed by atoms with Gasteiger partial charge in [0, 0.05) is 5.02 Å². The van der Waals surface area contributed by atoms with Crippen LogP contribution in [-0.4, -0.2) is 37.1 Å². The number of amides is 2. The lowest BCUT2D eigenvalue weighted by Gasteiger charge is -2.29. The van der Waals surface area contributed by atoms with E-state index in [4.69, 9.17) is 37.7 Å². The molecular weight excluding hydrogens is 508 g/mol. The summed E-state index contributed by atoms with van der Waals surface area (Å²) in [6.45, 7) is 0.0299. The van der Waals surface area contributed by atoms with E-state index in [1.54, 1.807) is 48.5 Å². The normalized spacial score (nSPS) is 14.6. The Kier molecular flexibility index (Phi) is 7.37. The molecule has 36 heavy (non-hydrogen) atoms. The molecular formula is C25H19ClN2O7S. The summed E-state index contributed by atoms with van der Waals surface area (Å²) >= 11 is 11.1. The number of nitrogens with zero attached hydrogens (tertiary/aromatic N) is 1. The van der Waals surface area contributed by atoms with Gasteiger partial charge < -0.3 is 18.6 Å². The quantitative estimate of drug-likeness (QED) is 0.212. The number of ether oxygens (including phenoxy) is 3. The second-order valence-electron chi connectivity index (χ2n) is 7.39. The highest BCUT2D eigenvalue weighted by atomic mass is 35.5. The van der Waals surface area contributed by atoms with Crippen molar-refractivity contribution in [2.75, 3.05) is 19.1 Å². The van der Waals surface area contributed by atoms with Crippen molar-refractivity contribution in [2.24, 2.45) is 0 Å². The molecule has 0 aliphatic carbocycles. The molecule has 0 spiro atoms. The fourth-order valence-electron chi connectivity index (χ4n) is 3.36. The first-order valence-corrected chi connectivity index (χ1v) is 11.2. The number of hydrogen-bond acceptors (Lipinski definition) is 8. The van der Waals surface area contributed by atoms with Gasteiger partial charge in [-0.1, -0.05) is 17.7 Å². The number of anilines is 1. The molecule has 1 fully saturated rings. The highest BCUT2D eigenvalue weighted by Crippen LogP contribution is 2.31. The van der Waals surface area contributed by atoms with Crippen LogP contribution in [0.1, 0.15) is 21.9 Å². The number of thiocarbonyl (C=S) groups is 1. The van der Waals surface area contributed by atoms with E-state index in [0.717, 1.165) is 0 Å². The van der Waals surface area contributed by atoms with Gasteiger partial charge in [-0.25, -0.2) is 4.79 Å². The summed E-state index contributed by atoms with van der Waals surface area (Å²) in [7, 11) is 2.72. The van der Waals surface area contributed by atoms with Gasteiger partial charge in [-0.15, -0.1) is 0 Å². The van der Waals surface area contributed by atoms with E-state index in [1.807, 2.05) is 0 Å². The SMILES string of the molecule is COC(=O)c1ccc(COc2ccc(/C=C3/C(=O)NC(=S)N(c4ccc(Cl)cc4)C3=O)cc2OC)o1. The fourth-order valence-corrected chi connectivity index (χ4v) is 3.76.